The Bertz CT molecular complexity index is 590. The van der Waals surface area contributed by atoms with Gasteiger partial charge >= 0.3 is 16.4 Å². The highest BCUT2D eigenvalue weighted by Crippen LogP contribution is 2.14. The minimum atomic E-state index is -4.67. The number of esters is 1. The summed E-state index contributed by atoms with van der Waals surface area (Å²) in [5, 5.41) is 10.4. The maximum Gasteiger partial charge on any atom is 0.394 e. The van der Waals surface area contributed by atoms with Gasteiger partial charge in [-0.2, -0.15) is 8.42 Å². The molecule has 0 spiro atoms. The number of aryl methyl sites for hydroxylation is 1. The Labute approximate surface area is 114 Å². The Morgan fingerprint density at radius 1 is 1.50 bits per heavy atom. The van der Waals surface area contributed by atoms with Gasteiger partial charge in [0, 0.05) is 6.07 Å². The van der Waals surface area contributed by atoms with Gasteiger partial charge in [-0.1, -0.05) is 0 Å². The van der Waals surface area contributed by atoms with Crippen LogP contribution in [0.2, 0.25) is 0 Å². The van der Waals surface area contributed by atoms with E-state index in [2.05, 4.69) is 4.98 Å². The van der Waals surface area contributed by atoms with E-state index in [1.54, 1.807) is 13.8 Å². The molecule has 0 atom stereocenters. The van der Waals surface area contributed by atoms with Crippen LogP contribution < -0.4 is 0 Å². The minimum absolute atomic E-state index is 0.113. The van der Waals surface area contributed by atoms with Crippen molar-refractivity contribution >= 4 is 22.1 Å². The van der Waals surface area contributed by atoms with Crippen LogP contribution in [0.5, 0.6) is 0 Å². The van der Waals surface area contributed by atoms with Crippen molar-refractivity contribution in [3.05, 3.63) is 33.6 Å². The van der Waals surface area contributed by atoms with Crippen LogP contribution in [0.3, 0.4) is 0 Å². The second-order valence-corrected chi connectivity index (χ2v) is 4.18. The van der Waals surface area contributed by atoms with E-state index in [0.29, 0.717) is 5.56 Å². The molecule has 10 nitrogen and oxygen atoms in total. The summed E-state index contributed by atoms with van der Waals surface area (Å²) in [7, 11) is -4.67. The number of pyridine rings is 1. The summed E-state index contributed by atoms with van der Waals surface area (Å²) >= 11 is 0. The van der Waals surface area contributed by atoms with Crippen LogP contribution >= 0.6 is 0 Å². The van der Waals surface area contributed by atoms with Crippen LogP contribution in [0.1, 0.15) is 23.0 Å². The summed E-state index contributed by atoms with van der Waals surface area (Å²) in [6.07, 6.45) is 1.04. The van der Waals surface area contributed by atoms with Gasteiger partial charge in [0.1, 0.15) is 6.20 Å². The first kappa shape index (κ1) is 17.9. The first-order valence-electron chi connectivity index (χ1n) is 5.04. The summed E-state index contributed by atoms with van der Waals surface area (Å²) in [6.45, 7) is 3.50. The van der Waals surface area contributed by atoms with E-state index in [1.807, 2.05) is 0 Å². The molecule has 0 aliphatic carbocycles. The third-order valence-electron chi connectivity index (χ3n) is 1.74. The number of carbonyl (C=O) groups is 1. The molecule has 0 aliphatic heterocycles. The summed E-state index contributed by atoms with van der Waals surface area (Å²) in [5.41, 5.74) is 0.408. The van der Waals surface area contributed by atoms with E-state index in [1.165, 1.54) is 6.07 Å². The molecule has 0 saturated heterocycles. The summed E-state index contributed by atoms with van der Waals surface area (Å²) in [6, 6.07) is 1.29. The van der Waals surface area contributed by atoms with Gasteiger partial charge in [-0.25, -0.2) is 9.78 Å². The van der Waals surface area contributed by atoms with Crippen LogP contribution in [-0.4, -0.2) is 40.0 Å². The van der Waals surface area contributed by atoms with Crippen LogP contribution in [0.15, 0.2) is 12.3 Å². The lowest BCUT2D eigenvalue weighted by Crippen LogP contribution is -2.09. The molecule has 1 rings (SSSR count). The molecule has 1 aromatic rings. The highest BCUT2D eigenvalue weighted by atomic mass is 32.3. The quantitative estimate of drug-likeness (QED) is 0.357. The van der Waals surface area contributed by atoms with Gasteiger partial charge in [0.25, 0.3) is 5.69 Å². The van der Waals surface area contributed by atoms with Crippen molar-refractivity contribution in [3.63, 3.8) is 0 Å². The van der Waals surface area contributed by atoms with E-state index < -0.39 is 21.3 Å². The van der Waals surface area contributed by atoms with Crippen molar-refractivity contribution in [2.75, 3.05) is 6.61 Å². The van der Waals surface area contributed by atoms with E-state index in [-0.39, 0.29) is 18.0 Å². The molecule has 1 aromatic heterocycles. The second kappa shape index (κ2) is 7.47. The molecule has 1 heterocycles. The van der Waals surface area contributed by atoms with Crippen molar-refractivity contribution in [2.24, 2.45) is 0 Å². The zero-order valence-corrected chi connectivity index (χ0v) is 11.3. The average molecular weight is 308 g/mol. The lowest BCUT2D eigenvalue weighted by Gasteiger charge is -2.03. The lowest BCUT2D eigenvalue weighted by molar-refractivity contribution is -0.385. The second-order valence-electron chi connectivity index (χ2n) is 3.28. The number of aromatic nitrogens is 1. The van der Waals surface area contributed by atoms with Crippen LogP contribution in [0.4, 0.5) is 5.69 Å². The van der Waals surface area contributed by atoms with Gasteiger partial charge in [-0.15, -0.1) is 0 Å². The van der Waals surface area contributed by atoms with Gasteiger partial charge < -0.3 is 4.74 Å². The molecular weight excluding hydrogens is 296 g/mol. The van der Waals surface area contributed by atoms with Crippen LogP contribution in [0.25, 0.3) is 0 Å². The topological polar surface area (TPSA) is 157 Å². The Balaban J connectivity index is 0.000000621. The molecular formula is C9H12N2O8S. The number of rotatable bonds is 3. The summed E-state index contributed by atoms with van der Waals surface area (Å²) in [5.74, 6) is -0.565. The van der Waals surface area contributed by atoms with Gasteiger partial charge in [-0.3, -0.25) is 19.2 Å². The lowest BCUT2D eigenvalue weighted by atomic mass is 10.2. The van der Waals surface area contributed by atoms with Gasteiger partial charge in [-0.05, 0) is 19.4 Å². The van der Waals surface area contributed by atoms with E-state index in [0.717, 1.165) is 6.20 Å². The fourth-order valence-electron chi connectivity index (χ4n) is 1.07. The summed E-state index contributed by atoms with van der Waals surface area (Å²) in [4.78, 5) is 24.8. The Morgan fingerprint density at radius 2 is 2.00 bits per heavy atom. The molecule has 0 radical (unpaired) electrons. The van der Waals surface area contributed by atoms with E-state index in [9.17, 15) is 14.9 Å². The highest BCUT2D eigenvalue weighted by Gasteiger charge is 2.15. The number of nitro groups is 1. The molecule has 0 unspecified atom stereocenters. The zero-order chi connectivity index (χ0) is 15.9. The Morgan fingerprint density at radius 3 is 2.35 bits per heavy atom. The predicted molar refractivity (Wildman–Crippen MR) is 65.8 cm³/mol. The van der Waals surface area contributed by atoms with Crippen molar-refractivity contribution in [2.45, 2.75) is 13.8 Å². The molecule has 0 aliphatic rings. The molecule has 0 amide bonds. The number of hydrogen-bond donors (Lipinski definition) is 2. The zero-order valence-electron chi connectivity index (χ0n) is 10.5. The van der Waals surface area contributed by atoms with Crippen molar-refractivity contribution in [1.82, 2.24) is 4.98 Å². The number of hydrogen-bond acceptors (Lipinski definition) is 7. The minimum Gasteiger partial charge on any atom is -0.461 e. The van der Waals surface area contributed by atoms with Crippen molar-refractivity contribution < 1.29 is 32.0 Å². The SMILES string of the molecule is CCOC(=O)c1ncc([N+](=O)[O-])cc1C.O=S(=O)(O)O. The van der Waals surface area contributed by atoms with Crippen LogP contribution in [0, 0.1) is 17.0 Å². The molecule has 11 heteroatoms. The molecule has 0 fully saturated rings. The largest absolute Gasteiger partial charge is 0.461 e. The fourth-order valence-corrected chi connectivity index (χ4v) is 1.07. The van der Waals surface area contributed by atoms with Crippen molar-refractivity contribution in [1.29, 1.82) is 0 Å². The van der Waals surface area contributed by atoms with Gasteiger partial charge in [0.15, 0.2) is 5.69 Å². The highest BCUT2D eigenvalue weighted by molar-refractivity contribution is 7.79. The van der Waals surface area contributed by atoms with E-state index >= 15 is 0 Å². The molecule has 0 saturated carbocycles. The monoisotopic (exact) mass is 308 g/mol. The molecule has 112 valence electrons. The average Bonchev–Trinajstić information content (AvgIpc) is 2.26. The third kappa shape index (κ3) is 7.35. The van der Waals surface area contributed by atoms with Crippen LogP contribution in [-0.2, 0) is 15.1 Å². The van der Waals surface area contributed by atoms with Gasteiger partial charge in [0.2, 0.25) is 0 Å². The molecule has 20 heavy (non-hydrogen) atoms. The fraction of sp³-hybridized carbons (Fsp3) is 0.333. The summed E-state index contributed by atoms with van der Waals surface area (Å²) < 4.78 is 36.3. The molecule has 0 aromatic carbocycles. The predicted octanol–water partition coefficient (Wildman–Crippen LogP) is 0.822. The van der Waals surface area contributed by atoms with Crippen molar-refractivity contribution in [3.8, 4) is 0 Å². The maximum atomic E-state index is 11.3. The maximum absolute atomic E-state index is 11.3. The first-order valence-corrected chi connectivity index (χ1v) is 6.44. The Hall–Kier alpha value is -2.11. The third-order valence-corrected chi connectivity index (χ3v) is 1.74. The number of nitrogens with zero attached hydrogens (tertiary/aromatic N) is 2. The van der Waals surface area contributed by atoms with E-state index in [4.69, 9.17) is 22.3 Å². The molecule has 2 N–H and O–H groups in total. The number of ether oxygens (including phenoxy) is 1. The molecule has 0 bridgehead atoms. The standard InChI is InChI=1S/C9H10N2O4.H2O4S/c1-3-15-9(12)8-6(2)4-7(5-10-8)11(13)14;1-5(2,3)4/h4-5H,3H2,1-2H3;(H2,1,2,3,4). The Kier molecular flexibility index (Phi) is 6.68. The van der Waals surface area contributed by atoms with Gasteiger partial charge in [0.05, 0.1) is 11.5 Å². The first-order chi connectivity index (χ1) is 9.06. The smallest absolute Gasteiger partial charge is 0.394 e. The number of carbonyl (C=O) groups excluding carboxylic acids is 1. The normalized spacial score (nSPS) is 10.2.